The average Bonchev–Trinajstić information content (AvgIpc) is 3.17. The number of likely N-dealkylation sites (tertiary alicyclic amines) is 1. The lowest BCUT2D eigenvalue weighted by Crippen LogP contribution is -2.28. The summed E-state index contributed by atoms with van der Waals surface area (Å²) in [6, 6.07) is 10.9. The van der Waals surface area contributed by atoms with E-state index in [1.54, 1.807) is 0 Å². The molecule has 5 heteroatoms. The first-order valence-corrected chi connectivity index (χ1v) is 9.25. The van der Waals surface area contributed by atoms with Gasteiger partial charge in [-0.1, -0.05) is 30.3 Å². The Hall–Kier alpha value is -1.43. The van der Waals surface area contributed by atoms with E-state index in [9.17, 15) is 0 Å². The summed E-state index contributed by atoms with van der Waals surface area (Å²) in [5.74, 6) is 0.436. The first kappa shape index (κ1) is 16.4. The molecule has 0 bridgehead atoms. The average molecular weight is 331 g/mol. The summed E-state index contributed by atoms with van der Waals surface area (Å²) in [4.78, 5) is 10.7. The minimum absolute atomic E-state index is 0.215. The monoisotopic (exact) mass is 330 g/mol. The van der Waals surface area contributed by atoms with E-state index in [0.29, 0.717) is 5.92 Å². The maximum atomic E-state index is 6.39. The number of anilines is 1. The van der Waals surface area contributed by atoms with Crippen molar-refractivity contribution in [3.05, 3.63) is 47.0 Å². The number of hydrogen-bond acceptors (Lipinski definition) is 5. The van der Waals surface area contributed by atoms with E-state index in [0.717, 1.165) is 37.9 Å². The molecule has 1 saturated heterocycles. The van der Waals surface area contributed by atoms with E-state index >= 15 is 0 Å². The number of rotatable bonds is 6. The third-order valence-corrected chi connectivity index (χ3v) is 5.67. The number of nitrogens with zero attached hydrogens (tertiary/aromatic N) is 3. The van der Waals surface area contributed by atoms with Crippen molar-refractivity contribution in [2.45, 2.75) is 32.4 Å². The summed E-state index contributed by atoms with van der Waals surface area (Å²) in [5.41, 5.74) is 7.75. The van der Waals surface area contributed by atoms with Crippen molar-refractivity contribution in [3.63, 3.8) is 0 Å². The number of nitrogens with two attached hydrogens (primary N) is 1. The van der Waals surface area contributed by atoms with Gasteiger partial charge in [-0.25, -0.2) is 4.98 Å². The van der Waals surface area contributed by atoms with Gasteiger partial charge in [0.25, 0.3) is 0 Å². The topological polar surface area (TPSA) is 45.4 Å². The minimum atomic E-state index is 0.215. The Labute approximate surface area is 142 Å². The number of thiazole rings is 1. The molecule has 3 rings (SSSR count). The highest BCUT2D eigenvalue weighted by atomic mass is 32.1. The predicted molar refractivity (Wildman–Crippen MR) is 98.1 cm³/mol. The third kappa shape index (κ3) is 3.74. The van der Waals surface area contributed by atoms with Crippen LogP contribution in [0, 0.1) is 0 Å². The lowest BCUT2D eigenvalue weighted by molar-refractivity contribution is 0.326. The van der Waals surface area contributed by atoms with Crippen LogP contribution in [0.25, 0.3) is 0 Å². The highest BCUT2D eigenvalue weighted by molar-refractivity contribution is 7.15. The molecule has 0 unspecified atom stereocenters. The Morgan fingerprint density at radius 1 is 1.22 bits per heavy atom. The molecular weight excluding hydrogens is 304 g/mol. The fourth-order valence-corrected chi connectivity index (χ4v) is 4.41. The van der Waals surface area contributed by atoms with E-state index < -0.39 is 0 Å². The Balaban J connectivity index is 1.63. The standard InChI is InChI=1S/C18H26N4S/c1-3-22(4-2)18-20-10-15(23-18)11-21-12-16(17(19)13-21)14-8-6-5-7-9-14/h5-10,16-17H,3-4,11-13,19H2,1-2H3/t16-,17+/m0/s1. The highest BCUT2D eigenvalue weighted by Crippen LogP contribution is 2.29. The third-order valence-electron chi connectivity index (χ3n) is 4.62. The predicted octanol–water partition coefficient (Wildman–Crippen LogP) is 2.92. The van der Waals surface area contributed by atoms with Crippen LogP contribution in [0.1, 0.15) is 30.2 Å². The molecule has 1 aromatic heterocycles. The van der Waals surface area contributed by atoms with Gasteiger partial charge in [0.2, 0.25) is 0 Å². The van der Waals surface area contributed by atoms with Gasteiger partial charge in [-0.15, -0.1) is 11.3 Å². The second-order valence-corrected chi connectivity index (χ2v) is 7.25. The van der Waals surface area contributed by atoms with E-state index in [1.165, 1.54) is 10.4 Å². The molecule has 1 aliphatic heterocycles. The van der Waals surface area contributed by atoms with Gasteiger partial charge >= 0.3 is 0 Å². The number of benzene rings is 1. The first-order valence-electron chi connectivity index (χ1n) is 8.43. The molecule has 2 heterocycles. The quantitative estimate of drug-likeness (QED) is 0.884. The van der Waals surface area contributed by atoms with Crippen molar-refractivity contribution in [1.29, 1.82) is 0 Å². The van der Waals surface area contributed by atoms with Crippen LogP contribution in [0.5, 0.6) is 0 Å². The molecule has 0 spiro atoms. The number of hydrogen-bond donors (Lipinski definition) is 1. The number of aromatic nitrogens is 1. The van der Waals surface area contributed by atoms with Gasteiger partial charge in [-0.2, -0.15) is 0 Å². The lowest BCUT2D eigenvalue weighted by Gasteiger charge is -2.17. The van der Waals surface area contributed by atoms with Crippen molar-refractivity contribution in [3.8, 4) is 0 Å². The summed E-state index contributed by atoms with van der Waals surface area (Å²) in [5, 5.41) is 1.13. The SMILES string of the molecule is CCN(CC)c1ncc(CN2C[C@@H](N)[C@H](c3ccccc3)C2)s1. The van der Waals surface area contributed by atoms with Gasteiger partial charge in [0.05, 0.1) is 0 Å². The maximum Gasteiger partial charge on any atom is 0.185 e. The molecule has 2 N–H and O–H groups in total. The molecular formula is C18H26N4S. The fraction of sp³-hybridized carbons (Fsp3) is 0.500. The molecule has 23 heavy (non-hydrogen) atoms. The van der Waals surface area contributed by atoms with Gasteiger partial charge in [-0.3, -0.25) is 4.90 Å². The Kier molecular flexibility index (Phi) is 5.30. The van der Waals surface area contributed by atoms with E-state index in [2.05, 4.69) is 59.0 Å². The van der Waals surface area contributed by atoms with Crippen LogP contribution in [-0.4, -0.2) is 42.1 Å². The van der Waals surface area contributed by atoms with Crippen molar-refractivity contribution in [2.75, 3.05) is 31.1 Å². The van der Waals surface area contributed by atoms with Crippen molar-refractivity contribution >= 4 is 16.5 Å². The van der Waals surface area contributed by atoms with Gasteiger partial charge in [0.1, 0.15) is 0 Å². The van der Waals surface area contributed by atoms with Crippen molar-refractivity contribution in [1.82, 2.24) is 9.88 Å². The fourth-order valence-electron chi connectivity index (χ4n) is 3.33. The van der Waals surface area contributed by atoms with E-state index in [1.807, 2.05) is 17.5 Å². The first-order chi connectivity index (χ1) is 11.2. The van der Waals surface area contributed by atoms with Crippen LogP contribution < -0.4 is 10.6 Å². The second kappa shape index (κ2) is 7.43. The van der Waals surface area contributed by atoms with Crippen LogP contribution in [0.3, 0.4) is 0 Å². The Morgan fingerprint density at radius 3 is 2.65 bits per heavy atom. The van der Waals surface area contributed by atoms with Crippen molar-refractivity contribution < 1.29 is 0 Å². The maximum absolute atomic E-state index is 6.39. The minimum Gasteiger partial charge on any atom is -0.349 e. The van der Waals surface area contributed by atoms with Gasteiger partial charge in [-0.05, 0) is 19.4 Å². The molecule has 0 amide bonds. The zero-order valence-corrected chi connectivity index (χ0v) is 14.8. The molecule has 4 nitrogen and oxygen atoms in total. The zero-order chi connectivity index (χ0) is 16.2. The van der Waals surface area contributed by atoms with Gasteiger partial charge < -0.3 is 10.6 Å². The van der Waals surface area contributed by atoms with Crippen LogP contribution in [0.4, 0.5) is 5.13 Å². The zero-order valence-electron chi connectivity index (χ0n) is 14.0. The van der Waals surface area contributed by atoms with Gasteiger partial charge in [0.15, 0.2) is 5.13 Å². The van der Waals surface area contributed by atoms with Gasteiger partial charge in [0, 0.05) is 55.8 Å². The van der Waals surface area contributed by atoms with Crippen LogP contribution in [-0.2, 0) is 6.54 Å². The molecule has 0 radical (unpaired) electrons. The summed E-state index contributed by atoms with van der Waals surface area (Å²) < 4.78 is 0. The summed E-state index contributed by atoms with van der Waals surface area (Å²) in [6.45, 7) is 9.31. The molecule has 124 valence electrons. The van der Waals surface area contributed by atoms with E-state index in [4.69, 9.17) is 5.73 Å². The summed E-state index contributed by atoms with van der Waals surface area (Å²) >= 11 is 1.81. The summed E-state index contributed by atoms with van der Waals surface area (Å²) in [7, 11) is 0. The van der Waals surface area contributed by atoms with Crippen molar-refractivity contribution in [2.24, 2.45) is 5.73 Å². The largest absolute Gasteiger partial charge is 0.349 e. The normalized spacial score (nSPS) is 21.7. The molecule has 0 aliphatic carbocycles. The Bertz CT molecular complexity index is 608. The molecule has 1 aliphatic rings. The van der Waals surface area contributed by atoms with Crippen LogP contribution >= 0.6 is 11.3 Å². The molecule has 0 saturated carbocycles. The molecule has 1 aromatic carbocycles. The van der Waals surface area contributed by atoms with Crippen LogP contribution in [0.15, 0.2) is 36.5 Å². The van der Waals surface area contributed by atoms with Crippen LogP contribution in [0.2, 0.25) is 0 Å². The summed E-state index contributed by atoms with van der Waals surface area (Å²) in [6.07, 6.45) is 2.03. The second-order valence-electron chi connectivity index (χ2n) is 6.16. The molecule has 2 atom stereocenters. The van der Waals surface area contributed by atoms with E-state index in [-0.39, 0.29) is 6.04 Å². The highest BCUT2D eigenvalue weighted by Gasteiger charge is 2.31. The molecule has 2 aromatic rings. The smallest absolute Gasteiger partial charge is 0.185 e. The molecule has 1 fully saturated rings. The Morgan fingerprint density at radius 2 is 1.96 bits per heavy atom. The lowest BCUT2D eigenvalue weighted by atomic mass is 9.95.